The van der Waals surface area contributed by atoms with Crippen LogP contribution < -0.4 is 0 Å². The average Bonchev–Trinajstić information content (AvgIpc) is 2.47. The molecule has 0 saturated heterocycles. The molecule has 70 valence electrons. The van der Waals surface area contributed by atoms with Crippen molar-refractivity contribution < 1.29 is 0 Å². The zero-order valence-corrected chi connectivity index (χ0v) is 8.90. The molecule has 0 radical (unpaired) electrons. The van der Waals surface area contributed by atoms with Gasteiger partial charge in [-0.05, 0) is 23.1 Å². The number of aryl methyl sites for hydroxylation is 1. The molecule has 0 bridgehead atoms. The van der Waals surface area contributed by atoms with Crippen molar-refractivity contribution in [1.29, 1.82) is 0 Å². The highest BCUT2D eigenvalue weighted by atomic mass is 35.5. The highest BCUT2D eigenvalue weighted by Crippen LogP contribution is 2.17. The van der Waals surface area contributed by atoms with Crippen LogP contribution in [0.25, 0.3) is 10.9 Å². The van der Waals surface area contributed by atoms with Gasteiger partial charge in [-0.3, -0.25) is 0 Å². The molecule has 0 amide bonds. The topological polar surface area (TPSA) is 4.93 Å². The molecule has 0 unspecified atom stereocenters. The summed E-state index contributed by atoms with van der Waals surface area (Å²) in [6, 6.07) is 8.40. The van der Waals surface area contributed by atoms with Gasteiger partial charge in [-0.1, -0.05) is 12.1 Å². The molecule has 1 aromatic heterocycles. The van der Waals surface area contributed by atoms with Gasteiger partial charge in [0.05, 0.1) is 0 Å². The Balaban J connectivity index is 0.000000845. The molecule has 1 nitrogen and oxygen atoms in total. The van der Waals surface area contributed by atoms with Crippen LogP contribution in [-0.4, -0.2) is 4.57 Å². The number of benzene rings is 1. The minimum Gasteiger partial charge on any atom is -0.351 e. The second-order valence-corrected chi connectivity index (χ2v) is 3.22. The Morgan fingerprint density at radius 1 is 1.31 bits per heavy atom. The Hall–Kier alpha value is -0.660. The smallest absolute Gasteiger partial charge is 0.0480 e. The first-order valence-electron chi connectivity index (χ1n) is 3.91. The van der Waals surface area contributed by atoms with E-state index in [1.165, 1.54) is 16.5 Å². The van der Waals surface area contributed by atoms with Crippen LogP contribution in [0.15, 0.2) is 30.5 Å². The average molecular weight is 216 g/mol. The Kier molecular flexibility index (Phi) is 3.23. The Bertz CT molecular complexity index is 406. The van der Waals surface area contributed by atoms with Crippen LogP contribution in [0, 0.1) is 0 Å². The summed E-state index contributed by atoms with van der Waals surface area (Å²) < 4.78 is 2.10. The first-order valence-corrected chi connectivity index (χ1v) is 4.44. The Morgan fingerprint density at radius 2 is 2.08 bits per heavy atom. The van der Waals surface area contributed by atoms with Gasteiger partial charge in [0, 0.05) is 24.6 Å². The normalized spacial score (nSPS) is 10.0. The van der Waals surface area contributed by atoms with Gasteiger partial charge >= 0.3 is 0 Å². The van der Waals surface area contributed by atoms with Gasteiger partial charge in [0.15, 0.2) is 0 Å². The molecule has 2 aromatic rings. The van der Waals surface area contributed by atoms with Crippen LogP contribution >= 0.6 is 24.0 Å². The maximum absolute atomic E-state index is 5.74. The summed E-state index contributed by atoms with van der Waals surface area (Å²) in [7, 11) is 2.04. The molecular formula is C10H11Cl2N. The molecule has 1 aromatic carbocycles. The van der Waals surface area contributed by atoms with E-state index in [9.17, 15) is 0 Å². The highest BCUT2D eigenvalue weighted by molar-refractivity contribution is 6.17. The third-order valence-electron chi connectivity index (χ3n) is 2.11. The van der Waals surface area contributed by atoms with Crippen molar-refractivity contribution in [3.05, 3.63) is 36.0 Å². The molecule has 2 rings (SSSR count). The van der Waals surface area contributed by atoms with Crippen molar-refractivity contribution in [3.63, 3.8) is 0 Å². The number of hydrogen-bond donors (Lipinski definition) is 0. The standard InChI is InChI=1S/C10H10ClN.ClH/c1-12-5-4-9-3-2-8(7-11)6-10(9)12;/h2-6H,7H2,1H3;1H. The lowest BCUT2D eigenvalue weighted by Crippen LogP contribution is -1.85. The number of alkyl halides is 1. The summed E-state index contributed by atoms with van der Waals surface area (Å²) in [4.78, 5) is 0. The lowest BCUT2D eigenvalue weighted by Gasteiger charge is -1.98. The maximum Gasteiger partial charge on any atom is 0.0480 e. The summed E-state index contributed by atoms with van der Waals surface area (Å²) in [6.07, 6.45) is 2.06. The van der Waals surface area contributed by atoms with Gasteiger partial charge in [0.2, 0.25) is 0 Å². The van der Waals surface area contributed by atoms with Gasteiger partial charge in [-0.25, -0.2) is 0 Å². The van der Waals surface area contributed by atoms with Gasteiger partial charge in [-0.2, -0.15) is 0 Å². The van der Waals surface area contributed by atoms with Gasteiger partial charge in [0.25, 0.3) is 0 Å². The van der Waals surface area contributed by atoms with Crippen molar-refractivity contribution in [2.24, 2.45) is 7.05 Å². The van der Waals surface area contributed by atoms with E-state index in [4.69, 9.17) is 11.6 Å². The van der Waals surface area contributed by atoms with Crippen LogP contribution in [0.2, 0.25) is 0 Å². The molecule has 0 saturated carbocycles. The summed E-state index contributed by atoms with van der Waals surface area (Å²) in [5.74, 6) is 0.584. The number of hydrogen-bond acceptors (Lipinski definition) is 0. The zero-order valence-electron chi connectivity index (χ0n) is 7.33. The van der Waals surface area contributed by atoms with E-state index >= 15 is 0 Å². The molecule has 0 aliphatic rings. The van der Waals surface area contributed by atoms with Gasteiger partial charge in [-0.15, -0.1) is 24.0 Å². The van der Waals surface area contributed by atoms with Crippen molar-refractivity contribution in [3.8, 4) is 0 Å². The molecule has 0 aliphatic carbocycles. The maximum atomic E-state index is 5.74. The van der Waals surface area contributed by atoms with Crippen LogP contribution in [0.5, 0.6) is 0 Å². The van der Waals surface area contributed by atoms with E-state index in [2.05, 4.69) is 35.0 Å². The fourth-order valence-electron chi connectivity index (χ4n) is 1.39. The minimum atomic E-state index is 0. The molecule has 0 aliphatic heterocycles. The van der Waals surface area contributed by atoms with E-state index in [0.717, 1.165) is 0 Å². The lowest BCUT2D eigenvalue weighted by molar-refractivity contribution is 0.968. The minimum absolute atomic E-state index is 0. The predicted molar refractivity (Wildman–Crippen MR) is 59.7 cm³/mol. The quantitative estimate of drug-likeness (QED) is 0.644. The van der Waals surface area contributed by atoms with E-state index in [1.54, 1.807) is 0 Å². The summed E-state index contributed by atoms with van der Waals surface area (Å²) in [5.41, 5.74) is 2.42. The molecule has 0 spiro atoms. The van der Waals surface area contributed by atoms with E-state index in [0.29, 0.717) is 5.88 Å². The Labute approximate surface area is 88.7 Å². The van der Waals surface area contributed by atoms with Crippen LogP contribution in [0.3, 0.4) is 0 Å². The molecule has 1 heterocycles. The monoisotopic (exact) mass is 215 g/mol. The van der Waals surface area contributed by atoms with E-state index in [-0.39, 0.29) is 12.4 Å². The van der Waals surface area contributed by atoms with Crippen LogP contribution in [0.1, 0.15) is 5.56 Å². The van der Waals surface area contributed by atoms with Crippen LogP contribution in [0.4, 0.5) is 0 Å². The van der Waals surface area contributed by atoms with E-state index in [1.807, 2.05) is 7.05 Å². The third kappa shape index (κ3) is 1.82. The lowest BCUT2D eigenvalue weighted by atomic mass is 10.2. The second kappa shape index (κ2) is 4.03. The molecule has 3 heteroatoms. The number of fused-ring (bicyclic) bond motifs is 1. The molecular weight excluding hydrogens is 205 g/mol. The summed E-state index contributed by atoms with van der Waals surface area (Å²) in [5, 5.41) is 1.27. The Morgan fingerprint density at radius 3 is 2.77 bits per heavy atom. The van der Waals surface area contributed by atoms with Gasteiger partial charge < -0.3 is 4.57 Å². The SMILES string of the molecule is Cl.Cn1ccc2ccc(CCl)cc21. The first kappa shape index (κ1) is 10.4. The number of rotatable bonds is 1. The number of aromatic nitrogens is 1. The molecule has 0 fully saturated rings. The van der Waals surface area contributed by atoms with E-state index < -0.39 is 0 Å². The van der Waals surface area contributed by atoms with Crippen molar-refractivity contribution in [2.45, 2.75) is 5.88 Å². The third-order valence-corrected chi connectivity index (χ3v) is 2.42. The fourth-order valence-corrected chi connectivity index (χ4v) is 1.56. The molecule has 0 atom stereocenters. The molecule has 13 heavy (non-hydrogen) atoms. The van der Waals surface area contributed by atoms with Crippen molar-refractivity contribution in [2.75, 3.05) is 0 Å². The second-order valence-electron chi connectivity index (χ2n) is 2.95. The number of halogens is 2. The zero-order chi connectivity index (χ0) is 8.55. The van der Waals surface area contributed by atoms with Gasteiger partial charge in [0.1, 0.15) is 0 Å². The first-order chi connectivity index (χ1) is 5.81. The fraction of sp³-hybridized carbons (Fsp3) is 0.200. The summed E-state index contributed by atoms with van der Waals surface area (Å²) >= 11 is 5.74. The predicted octanol–water partition coefficient (Wildman–Crippen LogP) is 3.34. The largest absolute Gasteiger partial charge is 0.351 e. The van der Waals surface area contributed by atoms with Crippen molar-refractivity contribution in [1.82, 2.24) is 4.57 Å². The molecule has 0 N–H and O–H groups in total. The number of nitrogens with zero attached hydrogens (tertiary/aromatic N) is 1. The highest BCUT2D eigenvalue weighted by Gasteiger charge is 1.97. The summed E-state index contributed by atoms with van der Waals surface area (Å²) in [6.45, 7) is 0. The van der Waals surface area contributed by atoms with Crippen molar-refractivity contribution >= 4 is 34.9 Å². The van der Waals surface area contributed by atoms with Crippen LogP contribution in [-0.2, 0) is 12.9 Å².